The van der Waals surface area contributed by atoms with Crippen LogP contribution in [0, 0.1) is 5.41 Å². The molecule has 4 heteroatoms. The third-order valence-electron chi connectivity index (χ3n) is 5.19. The zero-order valence-electron chi connectivity index (χ0n) is 12.6. The summed E-state index contributed by atoms with van der Waals surface area (Å²) in [4.78, 5) is 5.28. The Hall–Kier alpha value is -0.160. The van der Waals surface area contributed by atoms with Crippen LogP contribution in [0.4, 0.5) is 0 Å². The van der Waals surface area contributed by atoms with Gasteiger partial charge in [-0.3, -0.25) is 9.80 Å². The summed E-state index contributed by atoms with van der Waals surface area (Å²) in [5.74, 6) is 0. The van der Waals surface area contributed by atoms with Crippen LogP contribution in [0.2, 0.25) is 0 Å². The predicted octanol–water partition coefficient (Wildman–Crippen LogP) is 0.783. The van der Waals surface area contributed by atoms with Gasteiger partial charge < -0.3 is 10.1 Å². The van der Waals surface area contributed by atoms with Crippen molar-refractivity contribution in [1.82, 2.24) is 15.1 Å². The van der Waals surface area contributed by atoms with Gasteiger partial charge in [0.1, 0.15) is 0 Å². The molecule has 0 aromatic carbocycles. The number of ether oxygens (including phenoxy) is 1. The molecule has 19 heavy (non-hydrogen) atoms. The molecule has 3 fully saturated rings. The largest absolute Gasteiger partial charge is 0.379 e. The molecule has 0 atom stereocenters. The molecule has 0 unspecified atom stereocenters. The third kappa shape index (κ3) is 3.30. The number of hydrogen-bond donors (Lipinski definition) is 1. The van der Waals surface area contributed by atoms with E-state index in [-0.39, 0.29) is 0 Å². The highest BCUT2D eigenvalue weighted by Crippen LogP contribution is 2.47. The van der Waals surface area contributed by atoms with Crippen LogP contribution in [-0.2, 0) is 4.74 Å². The molecule has 0 radical (unpaired) electrons. The Bertz CT molecular complexity index is 309. The van der Waals surface area contributed by atoms with Gasteiger partial charge in [0.05, 0.1) is 13.2 Å². The second-order valence-corrected chi connectivity index (χ2v) is 7.29. The van der Waals surface area contributed by atoms with Gasteiger partial charge in [0.2, 0.25) is 0 Å². The quantitative estimate of drug-likeness (QED) is 0.818. The van der Waals surface area contributed by atoms with Gasteiger partial charge in [-0.25, -0.2) is 0 Å². The molecule has 1 N–H and O–H groups in total. The average molecular weight is 267 g/mol. The molecule has 0 amide bonds. The maximum atomic E-state index is 5.43. The van der Waals surface area contributed by atoms with E-state index in [0.717, 1.165) is 32.8 Å². The molecular formula is C15H29N3O. The summed E-state index contributed by atoms with van der Waals surface area (Å²) in [6.07, 6.45) is 2.84. The summed E-state index contributed by atoms with van der Waals surface area (Å²) >= 11 is 0. The Kier molecular flexibility index (Phi) is 3.87. The van der Waals surface area contributed by atoms with Gasteiger partial charge >= 0.3 is 0 Å². The molecule has 0 aromatic rings. The van der Waals surface area contributed by atoms with Crippen LogP contribution in [0.5, 0.6) is 0 Å². The molecular weight excluding hydrogens is 238 g/mol. The third-order valence-corrected chi connectivity index (χ3v) is 5.19. The molecule has 0 aromatic heterocycles. The van der Waals surface area contributed by atoms with Crippen LogP contribution in [0.15, 0.2) is 0 Å². The molecule has 1 saturated carbocycles. The lowest BCUT2D eigenvalue weighted by molar-refractivity contribution is 0.0245. The van der Waals surface area contributed by atoms with E-state index in [1.807, 2.05) is 0 Å². The van der Waals surface area contributed by atoms with E-state index in [9.17, 15) is 0 Å². The predicted molar refractivity (Wildman–Crippen MR) is 77.4 cm³/mol. The van der Waals surface area contributed by atoms with Gasteiger partial charge in [-0.1, -0.05) is 0 Å². The van der Waals surface area contributed by atoms with E-state index in [2.05, 4.69) is 29.0 Å². The number of rotatable bonds is 3. The normalized spacial score (nSPS) is 31.3. The van der Waals surface area contributed by atoms with Crippen LogP contribution in [0.1, 0.15) is 26.7 Å². The van der Waals surface area contributed by atoms with Crippen molar-refractivity contribution in [2.24, 2.45) is 5.41 Å². The van der Waals surface area contributed by atoms with Crippen molar-refractivity contribution in [3.05, 3.63) is 0 Å². The Labute approximate surface area is 117 Å². The standard InChI is InChI=1S/C15H29N3O/c1-14(2)11-16-12-15(3-4-15)13-18(14)6-5-17-7-9-19-10-8-17/h16H,3-13H2,1-2H3. The summed E-state index contributed by atoms with van der Waals surface area (Å²) in [7, 11) is 0. The van der Waals surface area contributed by atoms with Crippen LogP contribution < -0.4 is 5.32 Å². The van der Waals surface area contributed by atoms with Crippen LogP contribution in [-0.4, -0.2) is 74.4 Å². The lowest BCUT2D eigenvalue weighted by atomic mass is 10.0. The fourth-order valence-electron chi connectivity index (χ4n) is 3.40. The average Bonchev–Trinajstić information content (AvgIpc) is 3.16. The Morgan fingerprint density at radius 2 is 1.79 bits per heavy atom. The van der Waals surface area contributed by atoms with E-state index < -0.39 is 0 Å². The minimum Gasteiger partial charge on any atom is -0.379 e. The van der Waals surface area contributed by atoms with Gasteiger partial charge in [-0.2, -0.15) is 0 Å². The second kappa shape index (κ2) is 5.32. The molecule has 0 bridgehead atoms. The first-order valence-corrected chi connectivity index (χ1v) is 7.86. The minimum absolute atomic E-state index is 0.290. The molecule has 2 heterocycles. The van der Waals surface area contributed by atoms with E-state index in [1.54, 1.807) is 0 Å². The van der Waals surface area contributed by atoms with Crippen molar-refractivity contribution >= 4 is 0 Å². The van der Waals surface area contributed by atoms with Crippen molar-refractivity contribution in [1.29, 1.82) is 0 Å². The number of nitrogens with zero attached hydrogens (tertiary/aromatic N) is 2. The van der Waals surface area contributed by atoms with Gasteiger partial charge in [0.15, 0.2) is 0 Å². The summed E-state index contributed by atoms with van der Waals surface area (Å²) in [5, 5.41) is 3.68. The highest BCUT2D eigenvalue weighted by atomic mass is 16.5. The van der Waals surface area contributed by atoms with Crippen LogP contribution in [0.3, 0.4) is 0 Å². The molecule has 2 aliphatic heterocycles. The number of morpholine rings is 1. The van der Waals surface area contributed by atoms with Crippen molar-refractivity contribution < 1.29 is 4.74 Å². The van der Waals surface area contributed by atoms with Crippen molar-refractivity contribution in [2.45, 2.75) is 32.2 Å². The minimum atomic E-state index is 0.290. The SMILES string of the molecule is CC1(C)CNCC2(CC2)CN1CCN1CCOCC1. The van der Waals surface area contributed by atoms with Gasteiger partial charge in [-0.05, 0) is 32.1 Å². The van der Waals surface area contributed by atoms with Crippen molar-refractivity contribution in [3.8, 4) is 0 Å². The maximum Gasteiger partial charge on any atom is 0.0594 e. The smallest absolute Gasteiger partial charge is 0.0594 e. The number of hydrogen-bond acceptors (Lipinski definition) is 4. The molecule has 3 aliphatic rings. The van der Waals surface area contributed by atoms with Gasteiger partial charge in [0.25, 0.3) is 0 Å². The Morgan fingerprint density at radius 3 is 2.47 bits per heavy atom. The van der Waals surface area contributed by atoms with Crippen LogP contribution in [0.25, 0.3) is 0 Å². The fourth-order valence-corrected chi connectivity index (χ4v) is 3.40. The maximum absolute atomic E-state index is 5.43. The zero-order valence-corrected chi connectivity index (χ0v) is 12.6. The summed E-state index contributed by atoms with van der Waals surface area (Å²) in [6, 6.07) is 0. The number of nitrogens with one attached hydrogen (secondary N) is 1. The lowest BCUT2D eigenvalue weighted by Crippen LogP contribution is -2.52. The van der Waals surface area contributed by atoms with Crippen LogP contribution >= 0.6 is 0 Å². The summed E-state index contributed by atoms with van der Waals surface area (Å²) in [6.45, 7) is 14.9. The fraction of sp³-hybridized carbons (Fsp3) is 1.00. The summed E-state index contributed by atoms with van der Waals surface area (Å²) in [5.41, 5.74) is 0.900. The van der Waals surface area contributed by atoms with E-state index in [4.69, 9.17) is 4.74 Å². The zero-order chi connectivity index (χ0) is 13.3. The van der Waals surface area contributed by atoms with Crippen molar-refractivity contribution in [2.75, 3.05) is 59.0 Å². The first kappa shape index (κ1) is 13.8. The van der Waals surface area contributed by atoms with E-state index >= 15 is 0 Å². The summed E-state index contributed by atoms with van der Waals surface area (Å²) < 4.78 is 5.43. The lowest BCUT2D eigenvalue weighted by Gasteiger charge is -2.39. The first-order valence-electron chi connectivity index (χ1n) is 7.86. The Balaban J connectivity index is 1.56. The molecule has 110 valence electrons. The molecule has 3 rings (SSSR count). The highest BCUT2D eigenvalue weighted by molar-refractivity contribution is 5.03. The molecule has 2 saturated heterocycles. The molecule has 4 nitrogen and oxygen atoms in total. The van der Waals surface area contributed by atoms with Gasteiger partial charge in [0, 0.05) is 51.4 Å². The molecule has 1 aliphatic carbocycles. The topological polar surface area (TPSA) is 27.7 Å². The van der Waals surface area contributed by atoms with E-state index in [1.165, 1.54) is 39.0 Å². The van der Waals surface area contributed by atoms with E-state index in [0.29, 0.717) is 11.0 Å². The monoisotopic (exact) mass is 267 g/mol. The highest BCUT2D eigenvalue weighted by Gasteiger charge is 2.47. The first-order chi connectivity index (χ1) is 9.10. The second-order valence-electron chi connectivity index (χ2n) is 7.29. The Morgan fingerprint density at radius 1 is 1.05 bits per heavy atom. The van der Waals surface area contributed by atoms with Gasteiger partial charge in [-0.15, -0.1) is 0 Å². The van der Waals surface area contributed by atoms with Crippen molar-refractivity contribution in [3.63, 3.8) is 0 Å². The molecule has 1 spiro atoms.